The lowest BCUT2D eigenvalue weighted by Crippen LogP contribution is -2.18. The van der Waals surface area contributed by atoms with Crippen molar-refractivity contribution in [1.29, 1.82) is 0 Å². The van der Waals surface area contributed by atoms with Crippen LogP contribution in [0.1, 0.15) is 17.2 Å². The van der Waals surface area contributed by atoms with Crippen LogP contribution in [0, 0.1) is 0 Å². The monoisotopic (exact) mass is 245 g/mol. The number of hydrogen-bond donors (Lipinski definition) is 1. The summed E-state index contributed by atoms with van der Waals surface area (Å²) in [6.45, 7) is 0. The molecule has 2 aromatic rings. The van der Waals surface area contributed by atoms with Crippen LogP contribution in [0.4, 0.5) is 0 Å². The van der Waals surface area contributed by atoms with Gasteiger partial charge in [-0.3, -0.25) is 0 Å². The molecule has 0 aliphatic rings. The van der Waals surface area contributed by atoms with Crippen LogP contribution in [0.5, 0.6) is 0 Å². The smallest absolute Gasteiger partial charge is 0.0438 e. The molecular formula is C15H16ClN. The Balaban J connectivity index is 2.19. The van der Waals surface area contributed by atoms with Crippen LogP contribution in [-0.4, -0.2) is 7.05 Å². The van der Waals surface area contributed by atoms with Crippen LogP contribution >= 0.6 is 11.6 Å². The molecule has 0 radical (unpaired) electrons. The molecule has 1 unspecified atom stereocenters. The summed E-state index contributed by atoms with van der Waals surface area (Å²) in [5.74, 6) is 0. The minimum atomic E-state index is 0.302. The van der Waals surface area contributed by atoms with E-state index in [2.05, 4.69) is 35.6 Å². The average Bonchev–Trinajstić information content (AvgIpc) is 2.39. The number of halogens is 1. The molecule has 1 nitrogen and oxygen atoms in total. The summed E-state index contributed by atoms with van der Waals surface area (Å²) in [6.07, 6.45) is 0.903. The Morgan fingerprint density at radius 2 is 1.65 bits per heavy atom. The summed E-state index contributed by atoms with van der Waals surface area (Å²) in [7, 11) is 1.98. The van der Waals surface area contributed by atoms with Crippen LogP contribution < -0.4 is 5.32 Å². The summed E-state index contributed by atoms with van der Waals surface area (Å²) in [5, 5.41) is 4.17. The highest BCUT2D eigenvalue weighted by Crippen LogP contribution is 2.22. The van der Waals surface area contributed by atoms with Gasteiger partial charge in [0, 0.05) is 11.1 Å². The first-order valence-electron chi connectivity index (χ1n) is 5.77. The molecule has 0 aliphatic carbocycles. The molecule has 0 aromatic heterocycles. The molecule has 0 saturated heterocycles. The fourth-order valence-electron chi connectivity index (χ4n) is 1.96. The molecule has 2 aromatic carbocycles. The Morgan fingerprint density at radius 1 is 1.00 bits per heavy atom. The first-order chi connectivity index (χ1) is 8.31. The summed E-state index contributed by atoms with van der Waals surface area (Å²) in [4.78, 5) is 0. The minimum absolute atomic E-state index is 0.302. The molecule has 2 heteroatoms. The van der Waals surface area contributed by atoms with Crippen LogP contribution in [0.25, 0.3) is 0 Å². The van der Waals surface area contributed by atoms with Crippen molar-refractivity contribution in [3.05, 3.63) is 70.7 Å². The first-order valence-corrected chi connectivity index (χ1v) is 6.14. The van der Waals surface area contributed by atoms with Gasteiger partial charge in [0.2, 0.25) is 0 Å². The van der Waals surface area contributed by atoms with Crippen LogP contribution in [0.2, 0.25) is 5.02 Å². The van der Waals surface area contributed by atoms with E-state index in [0.717, 1.165) is 11.4 Å². The number of hydrogen-bond acceptors (Lipinski definition) is 1. The fraction of sp³-hybridized carbons (Fsp3) is 0.200. The molecule has 17 heavy (non-hydrogen) atoms. The zero-order valence-corrected chi connectivity index (χ0v) is 10.6. The predicted molar refractivity (Wildman–Crippen MR) is 73.4 cm³/mol. The van der Waals surface area contributed by atoms with E-state index in [1.54, 1.807) is 0 Å². The van der Waals surface area contributed by atoms with Gasteiger partial charge in [-0.05, 0) is 30.7 Å². The minimum Gasteiger partial charge on any atom is -0.313 e. The lowest BCUT2D eigenvalue weighted by atomic mass is 9.99. The third kappa shape index (κ3) is 3.09. The molecule has 0 heterocycles. The van der Waals surface area contributed by atoms with E-state index in [4.69, 9.17) is 11.6 Å². The highest BCUT2D eigenvalue weighted by Gasteiger charge is 2.11. The van der Waals surface area contributed by atoms with Gasteiger partial charge in [0.15, 0.2) is 0 Å². The quantitative estimate of drug-likeness (QED) is 0.863. The SMILES string of the molecule is CNC(Cc1ccccc1Cl)c1ccccc1. The molecule has 1 N–H and O–H groups in total. The molecule has 0 spiro atoms. The molecule has 88 valence electrons. The van der Waals surface area contributed by atoms with Gasteiger partial charge >= 0.3 is 0 Å². The molecule has 1 atom stereocenters. The van der Waals surface area contributed by atoms with Crippen molar-refractivity contribution in [3.8, 4) is 0 Å². The van der Waals surface area contributed by atoms with Crippen molar-refractivity contribution in [3.63, 3.8) is 0 Å². The lowest BCUT2D eigenvalue weighted by molar-refractivity contribution is 0.592. The van der Waals surface area contributed by atoms with Gasteiger partial charge in [-0.15, -0.1) is 0 Å². The number of benzene rings is 2. The Kier molecular flexibility index (Phi) is 4.18. The van der Waals surface area contributed by atoms with E-state index in [9.17, 15) is 0 Å². The highest BCUT2D eigenvalue weighted by molar-refractivity contribution is 6.31. The topological polar surface area (TPSA) is 12.0 Å². The number of rotatable bonds is 4. The van der Waals surface area contributed by atoms with E-state index in [-0.39, 0.29) is 0 Å². The third-order valence-electron chi connectivity index (χ3n) is 2.93. The van der Waals surface area contributed by atoms with Crippen molar-refractivity contribution < 1.29 is 0 Å². The van der Waals surface area contributed by atoms with Crippen LogP contribution in [-0.2, 0) is 6.42 Å². The Bertz CT molecular complexity index is 467. The van der Waals surface area contributed by atoms with Crippen molar-refractivity contribution in [2.24, 2.45) is 0 Å². The van der Waals surface area contributed by atoms with Gasteiger partial charge < -0.3 is 5.32 Å². The molecule has 2 rings (SSSR count). The number of likely N-dealkylation sites (N-methyl/N-ethyl adjacent to an activating group) is 1. The molecule has 0 bridgehead atoms. The van der Waals surface area contributed by atoms with E-state index < -0.39 is 0 Å². The second-order valence-electron chi connectivity index (χ2n) is 4.05. The highest BCUT2D eigenvalue weighted by atomic mass is 35.5. The zero-order valence-electron chi connectivity index (χ0n) is 9.86. The molecule has 0 saturated carbocycles. The van der Waals surface area contributed by atoms with Crippen molar-refractivity contribution in [2.75, 3.05) is 7.05 Å². The lowest BCUT2D eigenvalue weighted by Gasteiger charge is -2.17. The van der Waals surface area contributed by atoms with Crippen molar-refractivity contribution in [1.82, 2.24) is 5.32 Å². The van der Waals surface area contributed by atoms with Crippen molar-refractivity contribution >= 4 is 11.6 Å². The summed E-state index contributed by atoms with van der Waals surface area (Å²) >= 11 is 6.18. The maximum absolute atomic E-state index is 6.18. The first kappa shape index (κ1) is 12.2. The zero-order chi connectivity index (χ0) is 12.1. The van der Waals surface area contributed by atoms with E-state index >= 15 is 0 Å². The Hall–Kier alpha value is -1.31. The summed E-state index contributed by atoms with van der Waals surface area (Å²) in [6, 6.07) is 18.7. The standard InChI is InChI=1S/C15H16ClN/c1-17-15(12-7-3-2-4-8-12)11-13-9-5-6-10-14(13)16/h2-10,15,17H,11H2,1H3. The van der Waals surface area contributed by atoms with Gasteiger partial charge in [-0.1, -0.05) is 60.1 Å². The van der Waals surface area contributed by atoms with Gasteiger partial charge in [-0.2, -0.15) is 0 Å². The Labute approximate surface area is 107 Å². The van der Waals surface area contributed by atoms with E-state index in [0.29, 0.717) is 6.04 Å². The molecular weight excluding hydrogens is 230 g/mol. The van der Waals surface area contributed by atoms with Crippen molar-refractivity contribution in [2.45, 2.75) is 12.5 Å². The maximum atomic E-state index is 6.18. The van der Waals surface area contributed by atoms with Gasteiger partial charge in [-0.25, -0.2) is 0 Å². The maximum Gasteiger partial charge on any atom is 0.0438 e. The van der Waals surface area contributed by atoms with Gasteiger partial charge in [0.25, 0.3) is 0 Å². The van der Waals surface area contributed by atoms with E-state index in [1.165, 1.54) is 11.1 Å². The third-order valence-corrected chi connectivity index (χ3v) is 3.30. The fourth-order valence-corrected chi connectivity index (χ4v) is 2.17. The average molecular weight is 246 g/mol. The van der Waals surface area contributed by atoms with E-state index in [1.807, 2.05) is 31.3 Å². The summed E-state index contributed by atoms with van der Waals surface area (Å²) in [5.41, 5.74) is 2.47. The summed E-state index contributed by atoms with van der Waals surface area (Å²) < 4.78 is 0. The largest absolute Gasteiger partial charge is 0.313 e. The molecule has 0 amide bonds. The van der Waals surface area contributed by atoms with Crippen LogP contribution in [0.15, 0.2) is 54.6 Å². The van der Waals surface area contributed by atoms with Gasteiger partial charge in [0.05, 0.1) is 0 Å². The van der Waals surface area contributed by atoms with Crippen LogP contribution in [0.3, 0.4) is 0 Å². The second kappa shape index (κ2) is 5.85. The molecule has 0 fully saturated rings. The second-order valence-corrected chi connectivity index (χ2v) is 4.45. The normalized spacial score (nSPS) is 12.4. The Morgan fingerprint density at radius 3 is 2.29 bits per heavy atom. The number of nitrogens with one attached hydrogen (secondary N) is 1. The predicted octanol–water partition coefficient (Wildman–Crippen LogP) is 3.84. The van der Waals surface area contributed by atoms with Gasteiger partial charge in [0.1, 0.15) is 0 Å². The molecule has 0 aliphatic heterocycles.